The van der Waals surface area contributed by atoms with E-state index in [0.717, 1.165) is 6.07 Å². The third kappa shape index (κ3) is 5.13. The molecule has 4 aromatic carbocycles. The lowest BCUT2D eigenvalue weighted by Gasteiger charge is -2.25. The number of nitrogen functional groups attached to an aromatic ring is 1. The molecule has 0 saturated heterocycles. The first-order valence-electron chi connectivity index (χ1n) is 10.6. The van der Waals surface area contributed by atoms with Crippen LogP contribution in [0.25, 0.3) is 0 Å². The number of hydrogen-bond donors (Lipinski definition) is 2. The van der Waals surface area contributed by atoms with Crippen LogP contribution in [0.2, 0.25) is 0 Å². The Morgan fingerprint density at radius 2 is 1.47 bits per heavy atom. The fourth-order valence-corrected chi connectivity index (χ4v) is 4.56. The molecule has 0 fully saturated rings. The number of halogens is 2. The lowest BCUT2D eigenvalue weighted by molar-refractivity contribution is 0.1000. The van der Waals surface area contributed by atoms with E-state index in [1.54, 1.807) is 60.7 Å². The van der Waals surface area contributed by atoms with Gasteiger partial charge in [0.2, 0.25) is 0 Å². The van der Waals surface area contributed by atoms with E-state index in [0.29, 0.717) is 34.9 Å². The Morgan fingerprint density at radius 3 is 2.08 bits per heavy atom. The molecule has 0 aliphatic rings. The van der Waals surface area contributed by atoms with Crippen LogP contribution >= 0.6 is 0 Å². The van der Waals surface area contributed by atoms with Gasteiger partial charge in [0.1, 0.15) is 5.75 Å². The molecule has 4 rings (SSSR count). The van der Waals surface area contributed by atoms with E-state index >= 15 is 0 Å². The van der Waals surface area contributed by atoms with Crippen molar-refractivity contribution in [1.82, 2.24) is 0 Å². The summed E-state index contributed by atoms with van der Waals surface area (Å²) in [5.74, 6) is -2.45. The summed E-state index contributed by atoms with van der Waals surface area (Å²) < 4.78 is 60.3. The van der Waals surface area contributed by atoms with Crippen LogP contribution in [-0.2, 0) is 10.0 Å². The molecule has 0 aliphatic heterocycles. The van der Waals surface area contributed by atoms with Gasteiger partial charge in [-0.2, -0.15) is 0 Å². The Bertz CT molecular complexity index is 1510. The fraction of sp³-hybridized carbons (Fsp3) is 0.0385. The third-order valence-electron chi connectivity index (χ3n) is 5.29. The van der Waals surface area contributed by atoms with Crippen molar-refractivity contribution in [2.75, 3.05) is 22.5 Å². The second kappa shape index (κ2) is 10.0. The van der Waals surface area contributed by atoms with Crippen LogP contribution in [0.4, 0.5) is 31.5 Å². The van der Waals surface area contributed by atoms with Crippen LogP contribution in [0, 0.1) is 11.6 Å². The molecule has 7 nitrogen and oxygen atoms in total. The number of amides is 1. The molecule has 0 heterocycles. The van der Waals surface area contributed by atoms with Gasteiger partial charge in [-0.25, -0.2) is 17.2 Å². The third-order valence-corrected chi connectivity index (χ3v) is 6.65. The Balaban J connectivity index is 1.76. The van der Waals surface area contributed by atoms with Gasteiger partial charge in [0.25, 0.3) is 15.9 Å². The van der Waals surface area contributed by atoms with Crippen LogP contribution in [0.5, 0.6) is 5.75 Å². The van der Waals surface area contributed by atoms with Crippen LogP contribution in [0.3, 0.4) is 0 Å². The minimum atomic E-state index is -4.34. The van der Waals surface area contributed by atoms with Crippen LogP contribution < -0.4 is 20.1 Å². The normalized spacial score (nSPS) is 11.1. The van der Waals surface area contributed by atoms with E-state index in [1.165, 1.54) is 24.1 Å². The predicted octanol–water partition coefficient (Wildman–Crippen LogP) is 5.33. The zero-order chi connectivity index (χ0) is 25.9. The highest BCUT2D eigenvalue weighted by atomic mass is 32.2. The summed E-state index contributed by atoms with van der Waals surface area (Å²) in [6.45, 7) is 0. The first kappa shape index (κ1) is 24.7. The quantitative estimate of drug-likeness (QED) is 0.328. The van der Waals surface area contributed by atoms with Gasteiger partial charge >= 0.3 is 0 Å². The number of para-hydroxylation sites is 1. The molecular weight excluding hydrogens is 488 g/mol. The van der Waals surface area contributed by atoms with Crippen molar-refractivity contribution in [3.05, 3.63) is 108 Å². The van der Waals surface area contributed by atoms with Crippen molar-refractivity contribution in [2.24, 2.45) is 0 Å². The maximum Gasteiger partial charge on any atom is 0.264 e. The molecule has 0 atom stereocenters. The molecule has 0 saturated carbocycles. The standard InChI is InChI=1S/C26H21F2N3O4S/c1-35-20-12-10-19(11-13-20)31(18-8-6-17(29)7-9-18)26(32)22-4-2-3-5-25(22)30-36(33,34)21-14-15-23(27)24(28)16-21/h2-16,30H,29H2,1H3. The molecule has 10 heteroatoms. The zero-order valence-electron chi connectivity index (χ0n) is 19.0. The molecule has 36 heavy (non-hydrogen) atoms. The van der Waals surface area contributed by atoms with Crippen LogP contribution in [0.1, 0.15) is 10.4 Å². The average molecular weight is 510 g/mol. The summed E-state index contributed by atoms with van der Waals surface area (Å²) in [5, 5.41) is 0. The van der Waals surface area contributed by atoms with Gasteiger partial charge in [-0.05, 0) is 78.9 Å². The topological polar surface area (TPSA) is 102 Å². The average Bonchev–Trinajstić information content (AvgIpc) is 2.87. The van der Waals surface area contributed by atoms with Crippen molar-refractivity contribution in [3.63, 3.8) is 0 Å². The number of hydrogen-bond acceptors (Lipinski definition) is 5. The Hall–Kier alpha value is -4.44. The highest BCUT2D eigenvalue weighted by Gasteiger charge is 2.25. The highest BCUT2D eigenvalue weighted by Crippen LogP contribution is 2.32. The van der Waals surface area contributed by atoms with Gasteiger partial charge in [-0.3, -0.25) is 14.4 Å². The number of methoxy groups -OCH3 is 1. The molecule has 1 amide bonds. The number of ether oxygens (including phenoxy) is 1. The summed E-state index contributed by atoms with van der Waals surface area (Å²) >= 11 is 0. The van der Waals surface area contributed by atoms with Crippen molar-refractivity contribution in [2.45, 2.75) is 4.90 Å². The summed E-state index contributed by atoms with van der Waals surface area (Å²) in [6.07, 6.45) is 0. The first-order valence-corrected chi connectivity index (χ1v) is 12.1. The molecule has 0 bridgehead atoms. The Labute approximate surface area is 206 Å². The lowest BCUT2D eigenvalue weighted by Crippen LogP contribution is -2.27. The van der Waals surface area contributed by atoms with Gasteiger partial charge in [0.05, 0.1) is 23.3 Å². The van der Waals surface area contributed by atoms with Crippen LogP contribution in [0.15, 0.2) is 95.9 Å². The molecular formula is C26H21F2N3O4S. The molecule has 0 unspecified atom stereocenters. The monoisotopic (exact) mass is 509 g/mol. The lowest BCUT2D eigenvalue weighted by atomic mass is 10.1. The van der Waals surface area contributed by atoms with Gasteiger partial charge < -0.3 is 10.5 Å². The number of anilines is 4. The minimum Gasteiger partial charge on any atom is -0.497 e. The van der Waals surface area contributed by atoms with Gasteiger partial charge in [-0.15, -0.1) is 0 Å². The van der Waals surface area contributed by atoms with E-state index in [9.17, 15) is 22.0 Å². The van der Waals surface area contributed by atoms with Crippen molar-refractivity contribution in [3.8, 4) is 5.75 Å². The number of nitrogens with one attached hydrogen (secondary N) is 1. The molecule has 4 aromatic rings. The predicted molar refractivity (Wildman–Crippen MR) is 134 cm³/mol. The highest BCUT2D eigenvalue weighted by molar-refractivity contribution is 7.92. The van der Waals surface area contributed by atoms with Crippen molar-refractivity contribution >= 4 is 38.7 Å². The van der Waals surface area contributed by atoms with Crippen molar-refractivity contribution < 1.29 is 26.7 Å². The van der Waals surface area contributed by atoms with E-state index < -0.39 is 32.5 Å². The molecule has 0 radical (unpaired) electrons. The van der Waals surface area contributed by atoms with E-state index in [4.69, 9.17) is 10.5 Å². The molecule has 0 spiro atoms. The Morgan fingerprint density at radius 1 is 0.861 bits per heavy atom. The number of rotatable bonds is 7. The summed E-state index contributed by atoms with van der Waals surface area (Å²) in [5.41, 5.74) is 7.27. The fourth-order valence-electron chi connectivity index (χ4n) is 3.47. The zero-order valence-corrected chi connectivity index (χ0v) is 19.8. The smallest absolute Gasteiger partial charge is 0.264 e. The van der Waals surface area contributed by atoms with E-state index in [1.807, 2.05) is 0 Å². The van der Waals surface area contributed by atoms with Gasteiger partial charge in [0, 0.05) is 17.1 Å². The van der Waals surface area contributed by atoms with Gasteiger partial charge in [0.15, 0.2) is 11.6 Å². The molecule has 184 valence electrons. The minimum absolute atomic E-state index is 0.0244. The van der Waals surface area contributed by atoms with Crippen LogP contribution in [-0.4, -0.2) is 21.4 Å². The second-order valence-corrected chi connectivity index (χ2v) is 9.34. The maximum atomic E-state index is 13.8. The number of benzene rings is 4. The van der Waals surface area contributed by atoms with Crippen molar-refractivity contribution in [1.29, 1.82) is 0 Å². The molecule has 3 N–H and O–H groups in total. The van der Waals surface area contributed by atoms with E-state index in [2.05, 4.69) is 4.72 Å². The summed E-state index contributed by atoms with van der Waals surface area (Å²) in [4.78, 5) is 14.7. The largest absolute Gasteiger partial charge is 0.497 e. The maximum absolute atomic E-state index is 13.8. The van der Waals surface area contributed by atoms with Gasteiger partial charge in [-0.1, -0.05) is 12.1 Å². The number of carbonyl (C=O) groups is 1. The number of sulfonamides is 1. The SMILES string of the molecule is COc1ccc(N(C(=O)c2ccccc2NS(=O)(=O)c2ccc(F)c(F)c2)c2ccc(N)cc2)cc1. The molecule has 0 aliphatic carbocycles. The van der Waals surface area contributed by atoms with E-state index in [-0.39, 0.29) is 11.3 Å². The second-order valence-electron chi connectivity index (χ2n) is 7.66. The summed E-state index contributed by atoms with van der Waals surface area (Å²) in [6, 6.07) is 21.5. The number of carbonyl (C=O) groups excluding carboxylic acids is 1. The number of nitrogens with two attached hydrogens (primary N) is 1. The number of nitrogens with zero attached hydrogens (tertiary/aromatic N) is 1. The summed E-state index contributed by atoms with van der Waals surface area (Å²) in [7, 11) is -2.82. The molecule has 0 aromatic heterocycles. The Kier molecular flexibility index (Phi) is 6.89. The first-order chi connectivity index (χ1) is 17.2.